The molecule has 5 unspecified atom stereocenters. The van der Waals surface area contributed by atoms with Crippen LogP contribution in [0.5, 0.6) is 0 Å². The fourth-order valence-corrected chi connectivity index (χ4v) is 6.01. The van der Waals surface area contributed by atoms with E-state index >= 15 is 0 Å². The lowest BCUT2D eigenvalue weighted by Crippen LogP contribution is -2.57. The zero-order chi connectivity index (χ0) is 21.4. The van der Waals surface area contributed by atoms with E-state index in [1.165, 1.54) is 0 Å². The van der Waals surface area contributed by atoms with Crippen molar-refractivity contribution in [3.05, 3.63) is 71.3 Å². The van der Waals surface area contributed by atoms with E-state index in [9.17, 15) is 14.4 Å². The molecule has 0 bridgehead atoms. The molecule has 1 heterocycles. The maximum Gasteiger partial charge on any atom is 0.252 e. The molecule has 2 aromatic carbocycles. The van der Waals surface area contributed by atoms with Gasteiger partial charge in [-0.15, -0.1) is 0 Å². The van der Waals surface area contributed by atoms with Gasteiger partial charge in [0, 0.05) is 29.1 Å². The Kier molecular flexibility index (Phi) is 5.34. The molecule has 1 aliphatic heterocycles. The topological polar surface area (TPSA) is 75.3 Å². The Bertz CT molecular complexity index is 1000. The number of ketones is 1. The van der Waals surface area contributed by atoms with E-state index in [1.807, 2.05) is 18.2 Å². The second kappa shape index (κ2) is 8.29. The standard InChI is InChI=1S/C26H28N2O3/c29-24(16-7-2-1-3-8-16)20-9-4-5-10-22(20)25(30)27-17-13-14-19-18-11-6-12-21(18)26(31)28-23(19)15-17/h1-5,7-10,17-19,21,23H,6,11-15H2,(H,27,30)(H,28,31). The van der Waals surface area contributed by atoms with Crippen LogP contribution in [0.3, 0.4) is 0 Å². The summed E-state index contributed by atoms with van der Waals surface area (Å²) in [5.41, 5.74) is 1.39. The highest BCUT2D eigenvalue weighted by molar-refractivity contribution is 6.15. The molecule has 0 radical (unpaired) electrons. The van der Waals surface area contributed by atoms with Crippen LogP contribution in [0.25, 0.3) is 0 Å². The average molecular weight is 417 g/mol. The summed E-state index contributed by atoms with van der Waals surface area (Å²) in [5, 5.41) is 6.39. The maximum atomic E-state index is 13.1. The van der Waals surface area contributed by atoms with Gasteiger partial charge < -0.3 is 10.6 Å². The van der Waals surface area contributed by atoms with Gasteiger partial charge in [0.15, 0.2) is 5.78 Å². The van der Waals surface area contributed by atoms with Crippen molar-refractivity contribution >= 4 is 17.6 Å². The van der Waals surface area contributed by atoms with E-state index in [0.29, 0.717) is 28.5 Å². The summed E-state index contributed by atoms with van der Waals surface area (Å²) in [4.78, 5) is 38.6. The van der Waals surface area contributed by atoms with E-state index in [2.05, 4.69) is 10.6 Å². The Balaban J connectivity index is 1.29. The molecule has 3 fully saturated rings. The summed E-state index contributed by atoms with van der Waals surface area (Å²) in [7, 11) is 0. The van der Waals surface area contributed by atoms with Gasteiger partial charge >= 0.3 is 0 Å². The second-order valence-electron chi connectivity index (χ2n) is 9.20. The van der Waals surface area contributed by atoms with Gasteiger partial charge in [0.1, 0.15) is 0 Å². The van der Waals surface area contributed by atoms with Crippen LogP contribution >= 0.6 is 0 Å². The smallest absolute Gasteiger partial charge is 0.252 e. The lowest BCUT2D eigenvalue weighted by Gasteiger charge is -2.45. The first-order valence-corrected chi connectivity index (χ1v) is 11.4. The molecular weight excluding hydrogens is 388 g/mol. The van der Waals surface area contributed by atoms with E-state index < -0.39 is 0 Å². The predicted octanol–water partition coefficient (Wildman–Crippen LogP) is 3.73. The molecule has 31 heavy (non-hydrogen) atoms. The summed E-state index contributed by atoms with van der Waals surface area (Å²) in [5.74, 6) is 1.08. The van der Waals surface area contributed by atoms with Gasteiger partial charge in [0.05, 0.1) is 5.56 Å². The Labute approximate surface area is 182 Å². The third-order valence-electron chi connectivity index (χ3n) is 7.48. The van der Waals surface area contributed by atoms with Crippen molar-refractivity contribution in [2.75, 3.05) is 0 Å². The summed E-state index contributed by atoms with van der Waals surface area (Å²) < 4.78 is 0. The van der Waals surface area contributed by atoms with Crippen LogP contribution in [0.1, 0.15) is 64.8 Å². The van der Waals surface area contributed by atoms with Crippen LogP contribution in [-0.2, 0) is 4.79 Å². The van der Waals surface area contributed by atoms with Crippen molar-refractivity contribution in [1.82, 2.24) is 10.6 Å². The lowest BCUT2D eigenvalue weighted by molar-refractivity contribution is -0.132. The summed E-state index contributed by atoms with van der Waals surface area (Å²) >= 11 is 0. The van der Waals surface area contributed by atoms with E-state index in [-0.39, 0.29) is 35.6 Å². The number of amides is 2. The molecule has 160 valence electrons. The van der Waals surface area contributed by atoms with Crippen molar-refractivity contribution in [3.63, 3.8) is 0 Å². The Morgan fingerprint density at radius 1 is 0.839 bits per heavy atom. The number of benzene rings is 2. The highest BCUT2D eigenvalue weighted by Gasteiger charge is 2.48. The lowest BCUT2D eigenvalue weighted by atomic mass is 9.68. The van der Waals surface area contributed by atoms with Crippen molar-refractivity contribution in [2.24, 2.45) is 17.8 Å². The van der Waals surface area contributed by atoms with Gasteiger partial charge in [0.25, 0.3) is 5.91 Å². The monoisotopic (exact) mass is 416 g/mol. The molecule has 2 aliphatic carbocycles. The normalized spacial score (nSPS) is 29.4. The van der Waals surface area contributed by atoms with Crippen LogP contribution < -0.4 is 10.6 Å². The minimum Gasteiger partial charge on any atom is -0.353 e. The Hall–Kier alpha value is -2.95. The third kappa shape index (κ3) is 3.78. The van der Waals surface area contributed by atoms with Gasteiger partial charge in [0.2, 0.25) is 5.91 Å². The number of nitrogens with one attached hydrogen (secondary N) is 2. The van der Waals surface area contributed by atoms with Crippen molar-refractivity contribution in [2.45, 2.75) is 50.6 Å². The summed E-state index contributed by atoms with van der Waals surface area (Å²) in [6, 6.07) is 16.2. The van der Waals surface area contributed by atoms with E-state index in [1.54, 1.807) is 36.4 Å². The van der Waals surface area contributed by atoms with Crippen LogP contribution in [-0.4, -0.2) is 29.7 Å². The highest BCUT2D eigenvalue weighted by atomic mass is 16.2. The van der Waals surface area contributed by atoms with Crippen molar-refractivity contribution < 1.29 is 14.4 Å². The molecule has 5 nitrogen and oxygen atoms in total. The number of carbonyl (C=O) groups excluding carboxylic acids is 3. The number of rotatable bonds is 4. The maximum absolute atomic E-state index is 13.1. The highest BCUT2D eigenvalue weighted by Crippen LogP contribution is 2.46. The first kappa shape index (κ1) is 20.0. The summed E-state index contributed by atoms with van der Waals surface area (Å²) in [6.07, 6.45) is 6.04. The Morgan fingerprint density at radius 2 is 1.58 bits per heavy atom. The van der Waals surface area contributed by atoms with Gasteiger partial charge in [-0.1, -0.05) is 55.0 Å². The zero-order valence-corrected chi connectivity index (χ0v) is 17.6. The number of hydrogen-bond acceptors (Lipinski definition) is 3. The van der Waals surface area contributed by atoms with Gasteiger partial charge in [-0.25, -0.2) is 0 Å². The van der Waals surface area contributed by atoms with E-state index in [4.69, 9.17) is 0 Å². The third-order valence-corrected chi connectivity index (χ3v) is 7.48. The molecule has 3 aliphatic rings. The fourth-order valence-electron chi connectivity index (χ4n) is 6.01. The molecule has 5 atom stereocenters. The second-order valence-corrected chi connectivity index (χ2v) is 9.20. The summed E-state index contributed by atoms with van der Waals surface area (Å²) in [6.45, 7) is 0. The molecule has 2 amide bonds. The number of piperidine rings is 1. The van der Waals surface area contributed by atoms with Gasteiger partial charge in [-0.05, 0) is 50.0 Å². The van der Waals surface area contributed by atoms with E-state index in [0.717, 1.165) is 38.5 Å². The first-order valence-electron chi connectivity index (χ1n) is 11.4. The molecular formula is C26H28N2O3. The molecule has 2 N–H and O–H groups in total. The number of carbonyl (C=O) groups is 3. The molecule has 2 saturated carbocycles. The quantitative estimate of drug-likeness (QED) is 0.746. The first-order chi connectivity index (χ1) is 15.1. The zero-order valence-electron chi connectivity index (χ0n) is 17.6. The predicted molar refractivity (Wildman–Crippen MR) is 118 cm³/mol. The van der Waals surface area contributed by atoms with Crippen LogP contribution in [0.15, 0.2) is 54.6 Å². The van der Waals surface area contributed by atoms with Crippen molar-refractivity contribution in [3.8, 4) is 0 Å². The van der Waals surface area contributed by atoms with Crippen LogP contribution in [0, 0.1) is 17.8 Å². The Morgan fingerprint density at radius 3 is 2.39 bits per heavy atom. The minimum atomic E-state index is -0.218. The molecule has 5 rings (SSSR count). The number of fused-ring (bicyclic) bond motifs is 3. The van der Waals surface area contributed by atoms with Gasteiger partial charge in [-0.2, -0.15) is 0 Å². The molecule has 2 aromatic rings. The SMILES string of the molecule is O=C(NC1CCC2C(C1)NC(=O)C1CCCC12)c1ccccc1C(=O)c1ccccc1. The molecule has 0 aromatic heterocycles. The van der Waals surface area contributed by atoms with Crippen LogP contribution in [0.4, 0.5) is 0 Å². The van der Waals surface area contributed by atoms with Crippen LogP contribution in [0.2, 0.25) is 0 Å². The van der Waals surface area contributed by atoms with Crippen molar-refractivity contribution in [1.29, 1.82) is 0 Å². The fraction of sp³-hybridized carbons (Fsp3) is 0.423. The molecule has 1 saturated heterocycles. The molecule has 0 spiro atoms. The van der Waals surface area contributed by atoms with Gasteiger partial charge in [-0.3, -0.25) is 14.4 Å². The minimum absolute atomic E-state index is 0.00638. The molecule has 5 heteroatoms. The largest absolute Gasteiger partial charge is 0.353 e. The average Bonchev–Trinajstić information content (AvgIpc) is 3.30. The number of hydrogen-bond donors (Lipinski definition) is 2.